The zero-order chi connectivity index (χ0) is 12.7. The van der Waals surface area contributed by atoms with Crippen molar-refractivity contribution >= 4 is 0 Å². The van der Waals surface area contributed by atoms with Gasteiger partial charge in [0.15, 0.2) is 0 Å². The number of hydrogen-bond donors (Lipinski definition) is 1. The minimum absolute atomic E-state index is 0.165. The van der Waals surface area contributed by atoms with Crippen LogP contribution in [0.2, 0.25) is 0 Å². The molecule has 0 aliphatic rings. The van der Waals surface area contributed by atoms with Crippen LogP contribution in [0.3, 0.4) is 0 Å². The lowest BCUT2D eigenvalue weighted by Crippen LogP contribution is -2.09. The highest BCUT2D eigenvalue weighted by Gasteiger charge is 2.04. The van der Waals surface area contributed by atoms with Crippen LogP contribution in [0.15, 0.2) is 18.5 Å². The smallest absolute Gasteiger partial charge is 0.0645 e. The summed E-state index contributed by atoms with van der Waals surface area (Å²) in [5.41, 5.74) is 7.19. The van der Waals surface area contributed by atoms with Crippen LogP contribution in [0.4, 0.5) is 0 Å². The second-order valence-corrected chi connectivity index (χ2v) is 4.99. The van der Waals surface area contributed by atoms with E-state index in [4.69, 9.17) is 10.5 Å². The molecule has 1 heterocycles. The van der Waals surface area contributed by atoms with E-state index in [0.717, 1.165) is 38.5 Å². The first-order valence-corrected chi connectivity index (χ1v) is 6.62. The molecule has 0 aliphatic heterocycles. The fraction of sp³-hybridized carbons (Fsp3) is 0.714. The molecule has 1 aromatic rings. The topological polar surface area (TPSA) is 40.2 Å². The van der Waals surface area contributed by atoms with Gasteiger partial charge in [-0.25, -0.2) is 0 Å². The molecule has 17 heavy (non-hydrogen) atoms. The summed E-state index contributed by atoms with van der Waals surface area (Å²) < 4.78 is 7.75. The van der Waals surface area contributed by atoms with Gasteiger partial charge in [0.2, 0.25) is 0 Å². The Morgan fingerprint density at radius 2 is 2.12 bits per heavy atom. The lowest BCUT2D eigenvalue weighted by molar-refractivity contribution is 0.116. The minimum atomic E-state index is 0.165. The highest BCUT2D eigenvalue weighted by Crippen LogP contribution is 2.13. The second kappa shape index (κ2) is 7.51. The van der Waals surface area contributed by atoms with Crippen molar-refractivity contribution in [2.45, 2.75) is 46.2 Å². The third-order valence-corrected chi connectivity index (χ3v) is 2.97. The van der Waals surface area contributed by atoms with Crippen LogP contribution in [0.5, 0.6) is 0 Å². The Morgan fingerprint density at radius 3 is 2.76 bits per heavy atom. The highest BCUT2D eigenvalue weighted by atomic mass is 16.5. The number of nitrogens with zero attached hydrogens (tertiary/aromatic N) is 1. The molecular formula is C14H26N2O. The maximum Gasteiger partial charge on any atom is 0.0645 e. The number of ether oxygens (including phenoxy) is 1. The van der Waals surface area contributed by atoms with Crippen molar-refractivity contribution in [2.75, 3.05) is 13.2 Å². The summed E-state index contributed by atoms with van der Waals surface area (Å²) in [6.07, 6.45) is 6.32. The average molecular weight is 238 g/mol. The Morgan fingerprint density at radius 1 is 1.35 bits per heavy atom. The largest absolute Gasteiger partial charge is 0.380 e. The van der Waals surface area contributed by atoms with Crippen LogP contribution >= 0.6 is 0 Å². The van der Waals surface area contributed by atoms with Gasteiger partial charge in [-0.05, 0) is 30.4 Å². The first kappa shape index (κ1) is 14.3. The van der Waals surface area contributed by atoms with Gasteiger partial charge in [-0.3, -0.25) is 0 Å². The van der Waals surface area contributed by atoms with Crippen LogP contribution in [0.25, 0.3) is 0 Å². The molecule has 1 rings (SSSR count). The maximum absolute atomic E-state index is 5.97. The Labute approximate surface area is 105 Å². The Balaban J connectivity index is 2.21. The van der Waals surface area contributed by atoms with Crippen molar-refractivity contribution in [3.8, 4) is 0 Å². The van der Waals surface area contributed by atoms with Crippen molar-refractivity contribution in [2.24, 2.45) is 11.7 Å². The quantitative estimate of drug-likeness (QED) is 0.707. The molecule has 0 bridgehead atoms. The molecule has 1 atom stereocenters. The van der Waals surface area contributed by atoms with E-state index in [1.54, 1.807) is 0 Å². The molecule has 0 amide bonds. The van der Waals surface area contributed by atoms with Gasteiger partial charge in [-0.1, -0.05) is 20.8 Å². The zero-order valence-electron chi connectivity index (χ0n) is 11.4. The number of nitrogens with two attached hydrogens (primary N) is 1. The number of aromatic nitrogens is 1. The molecule has 1 aromatic heterocycles. The van der Waals surface area contributed by atoms with E-state index in [0.29, 0.717) is 0 Å². The molecule has 3 heteroatoms. The van der Waals surface area contributed by atoms with Gasteiger partial charge in [0.25, 0.3) is 0 Å². The maximum atomic E-state index is 5.97. The molecule has 0 saturated carbocycles. The standard InChI is InChI=1S/C14H26N2O/c1-4-14(15)13-5-7-16(11-13)8-10-17-9-6-12(2)3/h5,7,11-12,14H,4,6,8-10,15H2,1-3H3. The summed E-state index contributed by atoms with van der Waals surface area (Å²) in [5.74, 6) is 0.718. The molecule has 0 spiro atoms. The summed E-state index contributed by atoms with van der Waals surface area (Å²) in [5, 5.41) is 0. The number of rotatable bonds is 8. The van der Waals surface area contributed by atoms with Crippen LogP contribution in [-0.4, -0.2) is 17.8 Å². The van der Waals surface area contributed by atoms with Gasteiger partial charge in [0, 0.05) is 31.6 Å². The van der Waals surface area contributed by atoms with E-state index in [9.17, 15) is 0 Å². The molecule has 0 radical (unpaired) electrons. The predicted octanol–water partition coefficient (Wildman–Crippen LogP) is 2.96. The van der Waals surface area contributed by atoms with E-state index < -0.39 is 0 Å². The minimum Gasteiger partial charge on any atom is -0.380 e. The fourth-order valence-corrected chi connectivity index (χ4v) is 1.64. The first-order chi connectivity index (χ1) is 8.13. The summed E-state index contributed by atoms with van der Waals surface area (Å²) >= 11 is 0. The number of hydrogen-bond acceptors (Lipinski definition) is 2. The molecule has 0 aliphatic carbocycles. The van der Waals surface area contributed by atoms with E-state index in [1.807, 2.05) is 0 Å². The van der Waals surface area contributed by atoms with E-state index >= 15 is 0 Å². The third-order valence-electron chi connectivity index (χ3n) is 2.97. The predicted molar refractivity (Wildman–Crippen MR) is 71.9 cm³/mol. The summed E-state index contributed by atoms with van der Waals surface area (Å²) in [4.78, 5) is 0. The molecule has 1 unspecified atom stereocenters. The molecule has 0 saturated heterocycles. The Kier molecular flexibility index (Phi) is 6.30. The zero-order valence-corrected chi connectivity index (χ0v) is 11.4. The van der Waals surface area contributed by atoms with Gasteiger partial charge in [0.1, 0.15) is 0 Å². The molecule has 0 aromatic carbocycles. The van der Waals surface area contributed by atoms with Crippen molar-refractivity contribution in [1.82, 2.24) is 4.57 Å². The lowest BCUT2D eigenvalue weighted by atomic mass is 10.1. The van der Waals surface area contributed by atoms with Gasteiger partial charge < -0.3 is 15.0 Å². The monoisotopic (exact) mass is 238 g/mol. The van der Waals surface area contributed by atoms with Crippen molar-refractivity contribution < 1.29 is 4.74 Å². The van der Waals surface area contributed by atoms with Gasteiger partial charge in [0.05, 0.1) is 6.61 Å². The van der Waals surface area contributed by atoms with E-state index in [-0.39, 0.29) is 6.04 Å². The summed E-state index contributed by atoms with van der Waals surface area (Å²) in [6, 6.07) is 2.26. The first-order valence-electron chi connectivity index (χ1n) is 6.62. The van der Waals surface area contributed by atoms with Crippen molar-refractivity contribution in [1.29, 1.82) is 0 Å². The lowest BCUT2D eigenvalue weighted by Gasteiger charge is -2.08. The Bertz CT molecular complexity index is 307. The SMILES string of the molecule is CCC(N)c1ccn(CCOCCC(C)C)c1. The fourth-order valence-electron chi connectivity index (χ4n) is 1.64. The van der Waals surface area contributed by atoms with Gasteiger partial charge in [-0.15, -0.1) is 0 Å². The molecule has 0 fully saturated rings. The summed E-state index contributed by atoms with van der Waals surface area (Å²) in [6.45, 7) is 9.09. The van der Waals surface area contributed by atoms with Crippen LogP contribution in [0, 0.1) is 5.92 Å². The van der Waals surface area contributed by atoms with Crippen molar-refractivity contribution in [3.05, 3.63) is 24.0 Å². The van der Waals surface area contributed by atoms with Gasteiger partial charge in [-0.2, -0.15) is 0 Å². The Hall–Kier alpha value is -0.800. The average Bonchev–Trinajstić information content (AvgIpc) is 2.76. The molecular weight excluding hydrogens is 212 g/mol. The normalized spacial score (nSPS) is 13.2. The highest BCUT2D eigenvalue weighted by molar-refractivity contribution is 5.14. The van der Waals surface area contributed by atoms with Crippen LogP contribution < -0.4 is 5.73 Å². The van der Waals surface area contributed by atoms with E-state index in [2.05, 4.69) is 43.8 Å². The van der Waals surface area contributed by atoms with E-state index in [1.165, 1.54) is 5.56 Å². The molecule has 3 nitrogen and oxygen atoms in total. The van der Waals surface area contributed by atoms with Crippen LogP contribution in [0.1, 0.15) is 45.2 Å². The molecule has 98 valence electrons. The van der Waals surface area contributed by atoms with Crippen LogP contribution in [-0.2, 0) is 11.3 Å². The summed E-state index contributed by atoms with van der Waals surface area (Å²) in [7, 11) is 0. The third kappa shape index (κ3) is 5.37. The molecule has 2 N–H and O–H groups in total. The van der Waals surface area contributed by atoms with Crippen molar-refractivity contribution in [3.63, 3.8) is 0 Å². The van der Waals surface area contributed by atoms with Gasteiger partial charge >= 0.3 is 0 Å². The second-order valence-electron chi connectivity index (χ2n) is 4.99.